The molecule has 0 bridgehead atoms. The van der Waals surface area contributed by atoms with Gasteiger partial charge in [0.05, 0.1) is 5.92 Å². The fraction of sp³-hybridized carbons (Fsp3) is 0.571. The van der Waals surface area contributed by atoms with E-state index in [0.29, 0.717) is 12.8 Å². The van der Waals surface area contributed by atoms with E-state index < -0.39 is 5.60 Å². The number of amides is 3. The Bertz CT molecular complexity index is 731. The lowest BCUT2D eigenvalue weighted by molar-refractivity contribution is -0.134. The van der Waals surface area contributed by atoms with Crippen LogP contribution in [0.15, 0.2) is 24.3 Å². The Morgan fingerprint density at radius 3 is 2.32 bits per heavy atom. The van der Waals surface area contributed by atoms with E-state index in [2.05, 4.69) is 15.5 Å². The number of imide groups is 1. The van der Waals surface area contributed by atoms with Crippen molar-refractivity contribution >= 4 is 23.6 Å². The molecule has 2 N–H and O–H groups in total. The van der Waals surface area contributed by atoms with Crippen LogP contribution in [-0.4, -0.2) is 42.6 Å². The van der Waals surface area contributed by atoms with Crippen molar-refractivity contribution in [2.75, 3.05) is 18.0 Å². The molecule has 0 saturated carbocycles. The van der Waals surface area contributed by atoms with Gasteiger partial charge in [-0.3, -0.25) is 14.9 Å². The van der Waals surface area contributed by atoms with Gasteiger partial charge in [-0.15, -0.1) is 0 Å². The number of anilines is 1. The van der Waals surface area contributed by atoms with Crippen LogP contribution in [0.2, 0.25) is 0 Å². The molecule has 1 aromatic rings. The first-order chi connectivity index (χ1) is 13.2. The van der Waals surface area contributed by atoms with Crippen LogP contribution in [-0.2, 0) is 14.3 Å². The zero-order valence-corrected chi connectivity index (χ0v) is 16.8. The highest BCUT2D eigenvalue weighted by Crippen LogP contribution is 2.28. The average molecular weight is 387 g/mol. The molecule has 2 heterocycles. The number of carbonyl (C=O) groups excluding carboxylic acids is 3. The van der Waals surface area contributed by atoms with Crippen LogP contribution in [0.1, 0.15) is 57.9 Å². The van der Waals surface area contributed by atoms with Gasteiger partial charge >= 0.3 is 6.09 Å². The van der Waals surface area contributed by atoms with Crippen LogP contribution >= 0.6 is 0 Å². The van der Waals surface area contributed by atoms with E-state index in [1.807, 2.05) is 45.0 Å². The highest BCUT2D eigenvalue weighted by atomic mass is 16.6. The van der Waals surface area contributed by atoms with E-state index >= 15 is 0 Å². The van der Waals surface area contributed by atoms with E-state index in [0.717, 1.165) is 37.2 Å². The summed E-state index contributed by atoms with van der Waals surface area (Å²) in [6, 6.07) is 8.12. The Labute approximate surface area is 165 Å². The number of hydrogen-bond donors (Lipinski definition) is 2. The minimum Gasteiger partial charge on any atom is -0.444 e. The molecule has 7 heteroatoms. The summed E-state index contributed by atoms with van der Waals surface area (Å²) in [6.45, 7) is 7.26. The van der Waals surface area contributed by atoms with E-state index in [1.165, 1.54) is 0 Å². The molecule has 1 aromatic carbocycles. The summed E-state index contributed by atoms with van der Waals surface area (Å²) in [6.07, 6.45) is 2.30. The van der Waals surface area contributed by atoms with Gasteiger partial charge in [0, 0.05) is 31.2 Å². The van der Waals surface area contributed by atoms with Crippen molar-refractivity contribution < 1.29 is 19.1 Å². The van der Waals surface area contributed by atoms with Gasteiger partial charge in [0.15, 0.2) is 0 Å². The third-order valence-electron chi connectivity index (χ3n) is 5.12. The topological polar surface area (TPSA) is 87.7 Å². The summed E-state index contributed by atoms with van der Waals surface area (Å²) in [5.74, 6) is -0.658. The lowest BCUT2D eigenvalue weighted by Crippen LogP contribution is -2.46. The van der Waals surface area contributed by atoms with Crippen molar-refractivity contribution in [2.45, 2.75) is 64.0 Å². The summed E-state index contributed by atoms with van der Waals surface area (Å²) in [5, 5.41) is 5.36. The maximum Gasteiger partial charge on any atom is 0.407 e. The van der Waals surface area contributed by atoms with Gasteiger partial charge in [-0.05, 0) is 57.7 Å². The normalized spacial score (nSPS) is 21.2. The zero-order valence-electron chi connectivity index (χ0n) is 16.8. The van der Waals surface area contributed by atoms with E-state index in [-0.39, 0.29) is 29.9 Å². The quantitative estimate of drug-likeness (QED) is 0.779. The van der Waals surface area contributed by atoms with Crippen LogP contribution in [0.3, 0.4) is 0 Å². The Hall–Kier alpha value is -2.57. The predicted molar refractivity (Wildman–Crippen MR) is 106 cm³/mol. The molecule has 28 heavy (non-hydrogen) atoms. The molecule has 2 saturated heterocycles. The van der Waals surface area contributed by atoms with Crippen molar-refractivity contribution in [1.82, 2.24) is 10.6 Å². The van der Waals surface area contributed by atoms with Crippen molar-refractivity contribution in [3.8, 4) is 0 Å². The molecule has 152 valence electrons. The second-order valence-electron chi connectivity index (χ2n) is 8.50. The Morgan fingerprint density at radius 1 is 1.11 bits per heavy atom. The lowest BCUT2D eigenvalue weighted by Gasteiger charge is -2.34. The number of nitrogens with zero attached hydrogens (tertiary/aromatic N) is 1. The molecular formula is C21H29N3O4. The SMILES string of the molecule is CC(C)(C)OC(=O)NC1CCN(c2ccc(C3CCC(=O)NC3=O)cc2)CC1. The smallest absolute Gasteiger partial charge is 0.407 e. The number of piperidine rings is 2. The first-order valence-electron chi connectivity index (χ1n) is 9.89. The summed E-state index contributed by atoms with van der Waals surface area (Å²) in [4.78, 5) is 37.5. The largest absolute Gasteiger partial charge is 0.444 e. The number of nitrogens with one attached hydrogen (secondary N) is 2. The maximum absolute atomic E-state index is 12.0. The van der Waals surface area contributed by atoms with Crippen LogP contribution in [0, 0.1) is 0 Å². The third kappa shape index (κ3) is 5.24. The molecular weight excluding hydrogens is 358 g/mol. The highest BCUT2D eigenvalue weighted by Gasteiger charge is 2.28. The predicted octanol–water partition coefficient (Wildman–Crippen LogP) is 2.70. The second-order valence-corrected chi connectivity index (χ2v) is 8.50. The van der Waals surface area contributed by atoms with E-state index in [9.17, 15) is 14.4 Å². The molecule has 7 nitrogen and oxygen atoms in total. The van der Waals surface area contributed by atoms with Crippen LogP contribution in [0.5, 0.6) is 0 Å². The van der Waals surface area contributed by atoms with Crippen molar-refractivity contribution in [3.63, 3.8) is 0 Å². The van der Waals surface area contributed by atoms with Gasteiger partial charge in [-0.1, -0.05) is 12.1 Å². The van der Waals surface area contributed by atoms with Gasteiger partial charge < -0.3 is 15.0 Å². The molecule has 2 fully saturated rings. The zero-order chi connectivity index (χ0) is 20.3. The first-order valence-corrected chi connectivity index (χ1v) is 9.89. The molecule has 0 radical (unpaired) electrons. The molecule has 0 spiro atoms. The number of alkyl carbamates (subject to hydrolysis) is 1. The molecule has 0 aliphatic carbocycles. The van der Waals surface area contributed by atoms with E-state index in [1.54, 1.807) is 0 Å². The first kappa shape index (κ1) is 20.2. The summed E-state index contributed by atoms with van der Waals surface area (Å²) < 4.78 is 5.32. The third-order valence-corrected chi connectivity index (χ3v) is 5.12. The fourth-order valence-corrected chi connectivity index (χ4v) is 3.69. The van der Waals surface area contributed by atoms with Crippen LogP contribution < -0.4 is 15.5 Å². The maximum atomic E-state index is 12.0. The molecule has 0 aromatic heterocycles. The molecule has 1 atom stereocenters. The minimum absolute atomic E-state index is 0.119. The van der Waals surface area contributed by atoms with Gasteiger partial charge in [0.25, 0.3) is 0 Å². The van der Waals surface area contributed by atoms with Crippen molar-refractivity contribution in [1.29, 1.82) is 0 Å². The molecule has 3 rings (SSSR count). The van der Waals surface area contributed by atoms with Gasteiger partial charge in [-0.25, -0.2) is 4.79 Å². The fourth-order valence-electron chi connectivity index (χ4n) is 3.69. The lowest BCUT2D eigenvalue weighted by atomic mass is 9.90. The number of rotatable bonds is 3. The van der Waals surface area contributed by atoms with Crippen LogP contribution in [0.4, 0.5) is 10.5 Å². The molecule has 2 aliphatic heterocycles. The summed E-state index contributed by atoms with van der Waals surface area (Å²) in [7, 11) is 0. The Morgan fingerprint density at radius 2 is 1.75 bits per heavy atom. The summed E-state index contributed by atoms with van der Waals surface area (Å²) >= 11 is 0. The Kier molecular flexibility index (Phi) is 5.91. The number of benzene rings is 1. The van der Waals surface area contributed by atoms with Crippen molar-refractivity contribution in [2.24, 2.45) is 0 Å². The van der Waals surface area contributed by atoms with Gasteiger partial charge in [0.2, 0.25) is 11.8 Å². The second kappa shape index (κ2) is 8.20. The number of hydrogen-bond acceptors (Lipinski definition) is 5. The molecule has 3 amide bonds. The molecule has 1 unspecified atom stereocenters. The van der Waals surface area contributed by atoms with Gasteiger partial charge in [-0.2, -0.15) is 0 Å². The minimum atomic E-state index is -0.491. The van der Waals surface area contributed by atoms with E-state index in [4.69, 9.17) is 4.74 Å². The van der Waals surface area contributed by atoms with Crippen LogP contribution in [0.25, 0.3) is 0 Å². The average Bonchev–Trinajstić information content (AvgIpc) is 2.61. The van der Waals surface area contributed by atoms with Gasteiger partial charge in [0.1, 0.15) is 5.60 Å². The number of carbonyl (C=O) groups is 3. The number of ether oxygens (including phenoxy) is 1. The molecule has 2 aliphatic rings. The highest BCUT2D eigenvalue weighted by molar-refractivity contribution is 6.00. The monoisotopic (exact) mass is 387 g/mol. The standard InChI is InChI=1S/C21H29N3O4/c1-21(2,3)28-20(27)22-15-10-12-24(13-11-15)16-6-4-14(5-7-16)17-8-9-18(25)23-19(17)26/h4-7,15,17H,8-13H2,1-3H3,(H,22,27)(H,23,25,26). The summed E-state index contributed by atoms with van der Waals surface area (Å²) in [5.41, 5.74) is 1.55. The van der Waals surface area contributed by atoms with Crippen molar-refractivity contribution in [3.05, 3.63) is 29.8 Å². The Balaban J connectivity index is 1.51.